The highest BCUT2D eigenvalue weighted by Gasteiger charge is 2.17. The number of Topliss-reactive ketones (excluding diaryl/α,β-unsaturated/α-hetero) is 1. The van der Waals surface area contributed by atoms with Crippen molar-refractivity contribution < 1.29 is 19.1 Å². The number of likely N-dealkylation sites (N-methyl/N-ethyl adjacent to an activating group) is 1. The van der Waals surface area contributed by atoms with Gasteiger partial charge in [-0.3, -0.25) is 9.59 Å². The van der Waals surface area contributed by atoms with Crippen molar-refractivity contribution in [1.29, 1.82) is 0 Å². The number of aryl methyl sites for hydroxylation is 2. The summed E-state index contributed by atoms with van der Waals surface area (Å²) < 4.78 is 10.9. The Labute approximate surface area is 154 Å². The molecule has 5 heteroatoms. The summed E-state index contributed by atoms with van der Waals surface area (Å²) >= 11 is 0. The molecular formula is C21H25NO4. The van der Waals surface area contributed by atoms with E-state index < -0.39 is 0 Å². The first-order valence-electron chi connectivity index (χ1n) is 8.56. The number of rotatable bonds is 7. The third-order valence-corrected chi connectivity index (χ3v) is 4.06. The van der Waals surface area contributed by atoms with Gasteiger partial charge in [0.2, 0.25) is 0 Å². The van der Waals surface area contributed by atoms with Crippen LogP contribution in [-0.4, -0.2) is 32.0 Å². The minimum atomic E-state index is -0.143. The third kappa shape index (κ3) is 4.63. The molecule has 0 N–H and O–H groups in total. The van der Waals surface area contributed by atoms with Gasteiger partial charge < -0.3 is 14.4 Å². The molecule has 0 aliphatic heterocycles. The zero-order chi connectivity index (χ0) is 19.3. The Kier molecular flexibility index (Phi) is 6.39. The van der Waals surface area contributed by atoms with Crippen LogP contribution in [0.25, 0.3) is 0 Å². The molecule has 0 spiro atoms. The number of anilines is 1. The second-order valence-corrected chi connectivity index (χ2v) is 6.19. The van der Waals surface area contributed by atoms with E-state index in [0.29, 0.717) is 23.6 Å². The first kappa shape index (κ1) is 19.5. The lowest BCUT2D eigenvalue weighted by molar-refractivity contribution is -0.120. The molecular weight excluding hydrogens is 330 g/mol. The number of carbonyl (C=O) groups is 2. The smallest absolute Gasteiger partial charge is 0.264 e. The van der Waals surface area contributed by atoms with E-state index in [2.05, 4.69) is 6.07 Å². The second kappa shape index (κ2) is 8.52. The molecule has 0 atom stereocenters. The normalized spacial score (nSPS) is 10.3. The summed E-state index contributed by atoms with van der Waals surface area (Å²) in [6.07, 6.45) is 0. The molecule has 0 saturated carbocycles. The highest BCUT2D eigenvalue weighted by atomic mass is 16.5. The SMILES string of the molecule is CCN(C(=O)COc1ccc(C(C)=O)cc1OC)c1cc(C)cc(C)c1. The Balaban J connectivity index is 2.15. The van der Waals surface area contributed by atoms with Gasteiger partial charge in [0.1, 0.15) is 0 Å². The molecule has 26 heavy (non-hydrogen) atoms. The minimum Gasteiger partial charge on any atom is -0.493 e. The lowest BCUT2D eigenvalue weighted by Crippen LogP contribution is -2.35. The van der Waals surface area contributed by atoms with Gasteiger partial charge in [0.05, 0.1) is 7.11 Å². The molecule has 138 valence electrons. The Bertz CT molecular complexity index is 793. The summed E-state index contributed by atoms with van der Waals surface area (Å²) in [6, 6.07) is 11.0. The second-order valence-electron chi connectivity index (χ2n) is 6.19. The number of methoxy groups -OCH3 is 1. The predicted octanol–water partition coefficient (Wildman–Crippen LogP) is 3.95. The fraction of sp³-hybridized carbons (Fsp3) is 0.333. The van der Waals surface area contributed by atoms with E-state index in [1.807, 2.05) is 32.9 Å². The summed E-state index contributed by atoms with van der Waals surface area (Å²) in [7, 11) is 1.50. The third-order valence-electron chi connectivity index (χ3n) is 4.06. The van der Waals surface area contributed by atoms with E-state index in [-0.39, 0.29) is 18.3 Å². The Morgan fingerprint density at radius 2 is 1.65 bits per heavy atom. The maximum atomic E-state index is 12.7. The summed E-state index contributed by atoms with van der Waals surface area (Å²) in [5.41, 5.74) is 3.60. The molecule has 0 aliphatic rings. The van der Waals surface area contributed by atoms with Crippen LogP contribution in [0.1, 0.15) is 35.3 Å². The van der Waals surface area contributed by atoms with Crippen LogP contribution in [0.2, 0.25) is 0 Å². The van der Waals surface area contributed by atoms with Crippen LogP contribution in [-0.2, 0) is 4.79 Å². The predicted molar refractivity (Wildman–Crippen MR) is 102 cm³/mol. The van der Waals surface area contributed by atoms with Gasteiger partial charge in [-0.1, -0.05) is 6.07 Å². The van der Waals surface area contributed by atoms with E-state index in [1.54, 1.807) is 23.1 Å². The number of ketones is 1. The van der Waals surface area contributed by atoms with Gasteiger partial charge in [-0.15, -0.1) is 0 Å². The van der Waals surface area contributed by atoms with E-state index in [4.69, 9.17) is 9.47 Å². The highest BCUT2D eigenvalue weighted by Crippen LogP contribution is 2.28. The molecule has 1 amide bonds. The molecule has 0 unspecified atom stereocenters. The summed E-state index contributed by atoms with van der Waals surface area (Å²) in [6.45, 7) is 7.86. The van der Waals surface area contributed by atoms with Crippen LogP contribution in [0.4, 0.5) is 5.69 Å². The maximum Gasteiger partial charge on any atom is 0.264 e. The van der Waals surface area contributed by atoms with Gasteiger partial charge >= 0.3 is 0 Å². The zero-order valence-corrected chi connectivity index (χ0v) is 16.0. The first-order chi connectivity index (χ1) is 12.3. The van der Waals surface area contributed by atoms with Crippen molar-refractivity contribution in [2.24, 2.45) is 0 Å². The number of nitrogens with zero attached hydrogens (tertiary/aromatic N) is 1. The number of ether oxygens (including phenoxy) is 2. The van der Waals surface area contributed by atoms with Gasteiger partial charge in [-0.2, -0.15) is 0 Å². The topological polar surface area (TPSA) is 55.8 Å². The molecule has 0 aromatic heterocycles. The van der Waals surface area contributed by atoms with E-state index in [9.17, 15) is 9.59 Å². The molecule has 2 rings (SSSR count). The lowest BCUT2D eigenvalue weighted by atomic mass is 10.1. The highest BCUT2D eigenvalue weighted by molar-refractivity contribution is 5.95. The van der Waals surface area contributed by atoms with Crippen LogP contribution in [0.15, 0.2) is 36.4 Å². The number of carbonyl (C=O) groups excluding carboxylic acids is 2. The summed E-state index contributed by atoms with van der Waals surface area (Å²) in [5, 5.41) is 0. The van der Waals surface area contributed by atoms with Gasteiger partial charge in [0, 0.05) is 17.8 Å². The lowest BCUT2D eigenvalue weighted by Gasteiger charge is -2.22. The molecule has 2 aromatic rings. The molecule has 0 heterocycles. The molecule has 0 aliphatic carbocycles. The largest absolute Gasteiger partial charge is 0.493 e. The summed E-state index contributed by atoms with van der Waals surface area (Å²) in [4.78, 5) is 25.8. The average Bonchev–Trinajstić information content (AvgIpc) is 2.59. The zero-order valence-electron chi connectivity index (χ0n) is 16.0. The van der Waals surface area contributed by atoms with Crippen LogP contribution in [0.5, 0.6) is 11.5 Å². The fourth-order valence-corrected chi connectivity index (χ4v) is 2.83. The number of benzene rings is 2. The van der Waals surface area contributed by atoms with Crippen molar-refractivity contribution in [3.05, 3.63) is 53.1 Å². The molecule has 0 saturated heterocycles. The molecule has 5 nitrogen and oxygen atoms in total. The fourth-order valence-electron chi connectivity index (χ4n) is 2.83. The van der Waals surface area contributed by atoms with Crippen molar-refractivity contribution in [3.8, 4) is 11.5 Å². The quantitative estimate of drug-likeness (QED) is 0.706. The van der Waals surface area contributed by atoms with Crippen molar-refractivity contribution >= 4 is 17.4 Å². The van der Waals surface area contributed by atoms with Crippen LogP contribution >= 0.6 is 0 Å². The maximum absolute atomic E-state index is 12.7. The van der Waals surface area contributed by atoms with Crippen molar-refractivity contribution in [2.45, 2.75) is 27.7 Å². The van der Waals surface area contributed by atoms with Gasteiger partial charge in [-0.05, 0) is 69.2 Å². The molecule has 0 fully saturated rings. The monoisotopic (exact) mass is 355 g/mol. The molecule has 0 radical (unpaired) electrons. The van der Waals surface area contributed by atoms with Crippen molar-refractivity contribution in [3.63, 3.8) is 0 Å². The first-order valence-corrected chi connectivity index (χ1v) is 8.56. The standard InChI is InChI=1S/C21H25NO4/c1-6-22(18-10-14(2)9-15(3)11-18)21(24)13-26-19-8-7-17(16(4)23)12-20(19)25-5/h7-12H,6,13H2,1-5H3. The van der Waals surface area contributed by atoms with E-state index in [1.165, 1.54) is 14.0 Å². The average molecular weight is 355 g/mol. The van der Waals surface area contributed by atoms with Crippen molar-refractivity contribution in [2.75, 3.05) is 25.2 Å². The van der Waals surface area contributed by atoms with Crippen molar-refractivity contribution in [1.82, 2.24) is 0 Å². The van der Waals surface area contributed by atoms with Gasteiger partial charge in [0.15, 0.2) is 23.9 Å². The van der Waals surface area contributed by atoms with E-state index >= 15 is 0 Å². The number of hydrogen-bond acceptors (Lipinski definition) is 4. The van der Waals surface area contributed by atoms with Gasteiger partial charge in [0.25, 0.3) is 5.91 Å². The Hall–Kier alpha value is -2.82. The van der Waals surface area contributed by atoms with Crippen LogP contribution in [0.3, 0.4) is 0 Å². The van der Waals surface area contributed by atoms with E-state index in [0.717, 1.165) is 16.8 Å². The molecule has 0 bridgehead atoms. The minimum absolute atomic E-state index is 0.0575. The summed E-state index contributed by atoms with van der Waals surface area (Å²) in [5.74, 6) is 0.662. The number of amides is 1. The van der Waals surface area contributed by atoms with Gasteiger partial charge in [-0.25, -0.2) is 0 Å². The number of hydrogen-bond donors (Lipinski definition) is 0. The Morgan fingerprint density at radius 1 is 1.00 bits per heavy atom. The van der Waals surface area contributed by atoms with Crippen LogP contribution in [0, 0.1) is 13.8 Å². The van der Waals surface area contributed by atoms with Crippen LogP contribution < -0.4 is 14.4 Å². The molecule has 2 aromatic carbocycles. The Morgan fingerprint density at radius 3 is 2.19 bits per heavy atom.